The molecule has 0 unspecified atom stereocenters. The summed E-state index contributed by atoms with van der Waals surface area (Å²) in [6.45, 7) is 7.11. The number of hydrogen-bond donors (Lipinski definition) is 0. The summed E-state index contributed by atoms with van der Waals surface area (Å²) in [6, 6.07) is 9.76. The predicted octanol–water partition coefficient (Wildman–Crippen LogP) is 1.76. The molecule has 0 fully saturated rings. The van der Waals surface area contributed by atoms with Crippen molar-refractivity contribution in [2.75, 3.05) is 6.54 Å². The van der Waals surface area contributed by atoms with Crippen molar-refractivity contribution in [1.29, 1.82) is 0 Å². The van der Waals surface area contributed by atoms with Crippen LogP contribution in [0.15, 0.2) is 30.3 Å². The maximum absolute atomic E-state index is 12.8. The highest BCUT2D eigenvalue weighted by molar-refractivity contribution is 5.76. The Morgan fingerprint density at radius 3 is 2.58 bits per heavy atom. The third-order valence-corrected chi connectivity index (χ3v) is 4.69. The number of rotatable bonds is 3. The summed E-state index contributed by atoms with van der Waals surface area (Å²) < 4.78 is 3.56. The zero-order chi connectivity index (χ0) is 18.3. The first kappa shape index (κ1) is 16.4. The number of aryl methyl sites for hydroxylation is 2. The highest BCUT2D eigenvalue weighted by Gasteiger charge is 2.31. The van der Waals surface area contributed by atoms with Gasteiger partial charge in [0, 0.05) is 12.1 Å². The van der Waals surface area contributed by atoms with E-state index in [9.17, 15) is 4.79 Å². The molecule has 26 heavy (non-hydrogen) atoms. The van der Waals surface area contributed by atoms with Gasteiger partial charge in [0.2, 0.25) is 5.91 Å². The Morgan fingerprint density at radius 2 is 1.88 bits per heavy atom. The summed E-state index contributed by atoms with van der Waals surface area (Å²) in [5, 5.41) is 8.89. The molecule has 0 saturated carbocycles. The first-order valence-electron chi connectivity index (χ1n) is 8.70. The van der Waals surface area contributed by atoms with Crippen LogP contribution in [0.2, 0.25) is 0 Å². The second-order valence-corrected chi connectivity index (χ2v) is 6.51. The molecule has 1 atom stereocenters. The van der Waals surface area contributed by atoms with Gasteiger partial charge in [-0.1, -0.05) is 30.3 Å². The molecule has 134 valence electrons. The highest BCUT2D eigenvalue weighted by Crippen LogP contribution is 2.26. The molecule has 0 bridgehead atoms. The summed E-state index contributed by atoms with van der Waals surface area (Å²) in [4.78, 5) is 23.6. The maximum Gasteiger partial charge on any atom is 0.245 e. The summed E-state index contributed by atoms with van der Waals surface area (Å²) in [5.74, 6) is 2.95. The molecule has 2 aromatic heterocycles. The Labute approximate surface area is 151 Å². The van der Waals surface area contributed by atoms with E-state index in [1.807, 2.05) is 60.7 Å². The van der Waals surface area contributed by atoms with E-state index >= 15 is 0 Å². The number of carbonyl (C=O) groups is 1. The van der Waals surface area contributed by atoms with Crippen LogP contribution in [-0.2, 0) is 17.9 Å². The number of amides is 1. The van der Waals surface area contributed by atoms with Crippen LogP contribution in [-0.4, -0.2) is 46.9 Å². The normalized spacial score (nSPS) is 16.6. The van der Waals surface area contributed by atoms with Gasteiger partial charge in [-0.2, -0.15) is 10.2 Å². The fourth-order valence-electron chi connectivity index (χ4n) is 3.34. The molecule has 8 heteroatoms. The van der Waals surface area contributed by atoms with E-state index in [1.165, 1.54) is 0 Å². The van der Waals surface area contributed by atoms with Gasteiger partial charge in [-0.3, -0.25) is 4.79 Å². The van der Waals surface area contributed by atoms with Crippen molar-refractivity contribution >= 4 is 5.91 Å². The number of fused-ring (bicyclic) bond motifs is 1. The minimum absolute atomic E-state index is 0.0148. The minimum Gasteiger partial charge on any atom is -0.329 e. The van der Waals surface area contributed by atoms with Gasteiger partial charge in [0.1, 0.15) is 24.0 Å². The number of carbonyl (C=O) groups excluding carboxylic acids is 1. The largest absolute Gasteiger partial charge is 0.329 e. The molecule has 0 radical (unpaired) electrons. The Kier molecular flexibility index (Phi) is 4.02. The first-order chi connectivity index (χ1) is 12.5. The van der Waals surface area contributed by atoms with Crippen molar-refractivity contribution in [3.05, 3.63) is 47.8 Å². The Morgan fingerprint density at radius 1 is 1.12 bits per heavy atom. The van der Waals surface area contributed by atoms with Crippen LogP contribution in [0.5, 0.6) is 0 Å². The zero-order valence-electron chi connectivity index (χ0n) is 15.1. The van der Waals surface area contributed by atoms with E-state index in [0.717, 1.165) is 17.2 Å². The van der Waals surface area contributed by atoms with Gasteiger partial charge in [-0.15, -0.1) is 0 Å². The third kappa shape index (κ3) is 2.87. The molecule has 3 aromatic rings. The summed E-state index contributed by atoms with van der Waals surface area (Å²) in [5.41, 5.74) is 0.980. The van der Waals surface area contributed by atoms with Crippen LogP contribution in [0.1, 0.15) is 30.4 Å². The highest BCUT2D eigenvalue weighted by atomic mass is 16.2. The van der Waals surface area contributed by atoms with Gasteiger partial charge in [-0.25, -0.2) is 19.3 Å². The topological polar surface area (TPSA) is 81.7 Å². The Balaban J connectivity index is 1.56. The van der Waals surface area contributed by atoms with E-state index in [-0.39, 0.29) is 18.5 Å². The van der Waals surface area contributed by atoms with Crippen LogP contribution >= 0.6 is 0 Å². The molecule has 3 heterocycles. The zero-order valence-corrected chi connectivity index (χ0v) is 15.1. The summed E-state index contributed by atoms with van der Waals surface area (Å²) >= 11 is 0. The molecule has 0 aliphatic carbocycles. The minimum atomic E-state index is -0.133. The third-order valence-electron chi connectivity index (χ3n) is 4.69. The second kappa shape index (κ2) is 6.36. The van der Waals surface area contributed by atoms with Crippen molar-refractivity contribution < 1.29 is 4.79 Å². The standard InChI is InChI=1S/C18H21N7O/c1-12-18-20-17(15-7-5-4-6-8-15)22-24(18)10-9-23(12)16(26)11-25-14(3)19-13(2)21-25/h4-8,12H,9-11H2,1-3H3/t12-/m0/s1. The average molecular weight is 351 g/mol. The molecular weight excluding hydrogens is 330 g/mol. The lowest BCUT2D eigenvalue weighted by Crippen LogP contribution is -2.43. The molecule has 0 N–H and O–H groups in total. The summed E-state index contributed by atoms with van der Waals surface area (Å²) in [6.07, 6.45) is 0. The fourth-order valence-corrected chi connectivity index (χ4v) is 3.34. The molecule has 1 aliphatic heterocycles. The lowest BCUT2D eigenvalue weighted by Gasteiger charge is -2.32. The molecule has 4 rings (SSSR count). The SMILES string of the molecule is Cc1nc(C)n(CC(=O)N2CCn3nc(-c4ccccc4)nc3[C@@H]2C)n1. The van der Waals surface area contributed by atoms with Gasteiger partial charge in [-0.05, 0) is 20.8 Å². The predicted molar refractivity (Wildman–Crippen MR) is 95.1 cm³/mol. The Bertz CT molecular complexity index is 944. The van der Waals surface area contributed by atoms with E-state index in [4.69, 9.17) is 0 Å². The van der Waals surface area contributed by atoms with Crippen LogP contribution in [0.4, 0.5) is 0 Å². The molecule has 0 spiro atoms. The lowest BCUT2D eigenvalue weighted by atomic mass is 10.2. The lowest BCUT2D eigenvalue weighted by molar-refractivity contribution is -0.135. The van der Waals surface area contributed by atoms with E-state index in [1.54, 1.807) is 4.68 Å². The molecular formula is C18H21N7O. The van der Waals surface area contributed by atoms with Crippen molar-refractivity contribution in [3.8, 4) is 11.4 Å². The van der Waals surface area contributed by atoms with Crippen LogP contribution in [0, 0.1) is 13.8 Å². The van der Waals surface area contributed by atoms with Gasteiger partial charge in [0.25, 0.3) is 0 Å². The second-order valence-electron chi connectivity index (χ2n) is 6.51. The number of benzene rings is 1. The van der Waals surface area contributed by atoms with Crippen molar-refractivity contribution in [1.82, 2.24) is 34.4 Å². The van der Waals surface area contributed by atoms with Crippen molar-refractivity contribution in [3.63, 3.8) is 0 Å². The quantitative estimate of drug-likeness (QED) is 0.718. The molecule has 0 saturated heterocycles. The van der Waals surface area contributed by atoms with Crippen molar-refractivity contribution in [2.45, 2.75) is 39.9 Å². The Hall–Kier alpha value is -3.03. The van der Waals surface area contributed by atoms with Crippen molar-refractivity contribution in [2.24, 2.45) is 0 Å². The first-order valence-corrected chi connectivity index (χ1v) is 8.70. The van der Waals surface area contributed by atoms with Crippen LogP contribution in [0.3, 0.4) is 0 Å². The molecule has 1 amide bonds. The molecule has 1 aliphatic rings. The van der Waals surface area contributed by atoms with E-state index < -0.39 is 0 Å². The van der Waals surface area contributed by atoms with E-state index in [0.29, 0.717) is 24.7 Å². The van der Waals surface area contributed by atoms with Gasteiger partial charge >= 0.3 is 0 Å². The van der Waals surface area contributed by atoms with Gasteiger partial charge < -0.3 is 4.90 Å². The molecule has 8 nitrogen and oxygen atoms in total. The molecule has 1 aromatic carbocycles. The average Bonchev–Trinajstić information content (AvgIpc) is 3.19. The maximum atomic E-state index is 12.8. The van der Waals surface area contributed by atoms with Gasteiger partial charge in [0.05, 0.1) is 12.6 Å². The van der Waals surface area contributed by atoms with Crippen LogP contribution in [0.25, 0.3) is 11.4 Å². The fraction of sp³-hybridized carbons (Fsp3) is 0.389. The monoisotopic (exact) mass is 351 g/mol. The summed E-state index contributed by atoms with van der Waals surface area (Å²) in [7, 11) is 0. The number of nitrogens with zero attached hydrogens (tertiary/aromatic N) is 7. The van der Waals surface area contributed by atoms with E-state index in [2.05, 4.69) is 20.2 Å². The number of aromatic nitrogens is 6. The smallest absolute Gasteiger partial charge is 0.245 e. The number of hydrogen-bond acceptors (Lipinski definition) is 5. The van der Waals surface area contributed by atoms with Crippen LogP contribution < -0.4 is 0 Å². The van der Waals surface area contributed by atoms with Gasteiger partial charge in [0.15, 0.2) is 5.82 Å².